The van der Waals surface area contributed by atoms with Gasteiger partial charge in [-0.3, -0.25) is 4.79 Å². The molecule has 0 aliphatic heterocycles. The monoisotopic (exact) mass is 369 g/mol. The van der Waals surface area contributed by atoms with E-state index in [1.165, 1.54) is 0 Å². The average molecular weight is 370 g/mol. The van der Waals surface area contributed by atoms with E-state index in [1.807, 2.05) is 39.8 Å². The Hall–Kier alpha value is -1.44. The van der Waals surface area contributed by atoms with Gasteiger partial charge in [-0.2, -0.15) is 4.72 Å². The van der Waals surface area contributed by atoms with E-state index in [2.05, 4.69) is 10.0 Å². The smallest absolute Gasteiger partial charge is 0.241 e. The standard InChI is InChI=1S/C18H31N3O3S/c1-14(2)13-17(18(22)19-11-6-12-21(4)5)20-25(23,24)16-9-7-15(3)8-10-16/h7-10,14,17,20H,6,11-13H2,1-5H3,(H,19,22). The fraction of sp³-hybridized carbons (Fsp3) is 0.611. The molecule has 1 atom stereocenters. The van der Waals surface area contributed by atoms with Gasteiger partial charge in [0.15, 0.2) is 0 Å². The second-order valence-corrected chi connectivity index (χ2v) is 8.78. The van der Waals surface area contributed by atoms with Crippen molar-refractivity contribution in [2.45, 2.75) is 44.6 Å². The van der Waals surface area contributed by atoms with Crippen LogP contribution in [-0.4, -0.2) is 52.5 Å². The van der Waals surface area contributed by atoms with Gasteiger partial charge in [0.2, 0.25) is 15.9 Å². The number of nitrogens with one attached hydrogen (secondary N) is 2. The Labute approximate surface area is 152 Å². The second-order valence-electron chi connectivity index (χ2n) is 7.06. The molecule has 0 aromatic heterocycles. The molecular weight excluding hydrogens is 338 g/mol. The number of aryl methyl sites for hydroxylation is 1. The molecule has 0 fully saturated rings. The highest BCUT2D eigenvalue weighted by atomic mass is 32.2. The van der Waals surface area contributed by atoms with E-state index in [1.54, 1.807) is 24.3 Å². The normalized spacial score (nSPS) is 13.2. The van der Waals surface area contributed by atoms with Crippen LogP contribution in [-0.2, 0) is 14.8 Å². The minimum Gasteiger partial charge on any atom is -0.355 e. The van der Waals surface area contributed by atoms with E-state index in [9.17, 15) is 13.2 Å². The molecule has 0 heterocycles. The first-order valence-corrected chi connectivity index (χ1v) is 10.1. The molecule has 1 aromatic carbocycles. The van der Waals surface area contributed by atoms with Crippen LogP contribution in [0.1, 0.15) is 32.3 Å². The summed E-state index contributed by atoms with van der Waals surface area (Å²) in [5, 5.41) is 2.83. The molecule has 0 spiro atoms. The number of amides is 1. The zero-order valence-corrected chi connectivity index (χ0v) is 16.7. The van der Waals surface area contributed by atoms with Crippen molar-refractivity contribution in [1.29, 1.82) is 0 Å². The van der Waals surface area contributed by atoms with Gasteiger partial charge < -0.3 is 10.2 Å². The van der Waals surface area contributed by atoms with Crippen molar-refractivity contribution in [1.82, 2.24) is 14.9 Å². The Morgan fingerprint density at radius 2 is 1.76 bits per heavy atom. The van der Waals surface area contributed by atoms with Gasteiger partial charge in [0, 0.05) is 6.54 Å². The third-order valence-corrected chi connectivity index (χ3v) is 5.22. The highest BCUT2D eigenvalue weighted by Crippen LogP contribution is 2.13. The fourth-order valence-corrected chi connectivity index (χ4v) is 3.59. The average Bonchev–Trinajstić information content (AvgIpc) is 2.50. The summed E-state index contributed by atoms with van der Waals surface area (Å²) in [6, 6.07) is 5.82. The highest BCUT2D eigenvalue weighted by Gasteiger charge is 2.26. The van der Waals surface area contributed by atoms with E-state index >= 15 is 0 Å². The largest absolute Gasteiger partial charge is 0.355 e. The molecule has 1 amide bonds. The Kier molecular flexibility index (Phi) is 8.55. The van der Waals surface area contributed by atoms with Crippen molar-refractivity contribution in [3.63, 3.8) is 0 Å². The maximum Gasteiger partial charge on any atom is 0.241 e. The van der Waals surface area contributed by atoms with Crippen molar-refractivity contribution >= 4 is 15.9 Å². The molecular formula is C18H31N3O3S. The van der Waals surface area contributed by atoms with Gasteiger partial charge in [-0.1, -0.05) is 31.5 Å². The first kappa shape index (κ1) is 21.6. The second kappa shape index (κ2) is 9.89. The number of carbonyl (C=O) groups is 1. The summed E-state index contributed by atoms with van der Waals surface area (Å²) in [4.78, 5) is 14.6. The van der Waals surface area contributed by atoms with Crippen LogP contribution in [0.5, 0.6) is 0 Å². The third-order valence-electron chi connectivity index (χ3n) is 3.73. The Balaban J connectivity index is 2.77. The number of nitrogens with zero attached hydrogens (tertiary/aromatic N) is 1. The van der Waals surface area contributed by atoms with Crippen molar-refractivity contribution in [3.8, 4) is 0 Å². The van der Waals surface area contributed by atoms with Crippen LogP contribution in [0.2, 0.25) is 0 Å². The number of rotatable bonds is 10. The van der Waals surface area contributed by atoms with Crippen LogP contribution in [0.25, 0.3) is 0 Å². The zero-order chi connectivity index (χ0) is 19.0. The first-order valence-electron chi connectivity index (χ1n) is 8.63. The van der Waals surface area contributed by atoms with Crippen LogP contribution < -0.4 is 10.0 Å². The van der Waals surface area contributed by atoms with Crippen LogP contribution in [0, 0.1) is 12.8 Å². The molecule has 2 N–H and O–H groups in total. The summed E-state index contributed by atoms with van der Waals surface area (Å²) in [6.07, 6.45) is 1.27. The van der Waals surface area contributed by atoms with E-state index in [4.69, 9.17) is 0 Å². The maximum atomic E-state index is 12.6. The van der Waals surface area contributed by atoms with Gasteiger partial charge in [0.1, 0.15) is 6.04 Å². The van der Waals surface area contributed by atoms with Gasteiger partial charge in [0.25, 0.3) is 0 Å². The molecule has 6 nitrogen and oxygen atoms in total. The first-order chi connectivity index (χ1) is 11.6. The predicted octanol–water partition coefficient (Wildman–Crippen LogP) is 1.76. The number of carbonyl (C=O) groups excluding carboxylic acids is 1. The Bertz CT molecular complexity index is 640. The Morgan fingerprint density at radius 3 is 2.28 bits per heavy atom. The van der Waals surface area contributed by atoms with Crippen molar-refractivity contribution in [3.05, 3.63) is 29.8 Å². The van der Waals surface area contributed by atoms with Crippen LogP contribution in [0.15, 0.2) is 29.2 Å². The van der Waals surface area contributed by atoms with Crippen LogP contribution >= 0.6 is 0 Å². The lowest BCUT2D eigenvalue weighted by molar-refractivity contribution is -0.123. The summed E-state index contributed by atoms with van der Waals surface area (Å²) in [7, 11) is 0.213. The lowest BCUT2D eigenvalue weighted by atomic mass is 10.0. The summed E-state index contributed by atoms with van der Waals surface area (Å²) >= 11 is 0. The van der Waals surface area contributed by atoms with Gasteiger partial charge in [-0.05, 0) is 58.5 Å². The van der Waals surface area contributed by atoms with E-state index in [0.29, 0.717) is 13.0 Å². The molecule has 0 aliphatic carbocycles. The van der Waals surface area contributed by atoms with Gasteiger partial charge in [0.05, 0.1) is 4.90 Å². The van der Waals surface area contributed by atoms with Crippen molar-refractivity contribution < 1.29 is 13.2 Å². The summed E-state index contributed by atoms with van der Waals surface area (Å²) < 4.78 is 27.7. The molecule has 0 saturated heterocycles. The van der Waals surface area contributed by atoms with Gasteiger partial charge >= 0.3 is 0 Å². The lowest BCUT2D eigenvalue weighted by Crippen LogP contribution is -2.47. The number of hydrogen-bond acceptors (Lipinski definition) is 4. The minimum atomic E-state index is -3.73. The number of hydrogen-bond donors (Lipinski definition) is 2. The highest BCUT2D eigenvalue weighted by molar-refractivity contribution is 7.89. The van der Waals surface area contributed by atoms with E-state index in [0.717, 1.165) is 18.5 Å². The molecule has 0 bridgehead atoms. The van der Waals surface area contributed by atoms with Crippen LogP contribution in [0.3, 0.4) is 0 Å². The molecule has 0 aliphatic rings. The number of benzene rings is 1. The maximum absolute atomic E-state index is 12.6. The quantitative estimate of drug-likeness (QED) is 0.616. The zero-order valence-electron chi connectivity index (χ0n) is 15.9. The lowest BCUT2D eigenvalue weighted by Gasteiger charge is -2.20. The Morgan fingerprint density at radius 1 is 1.16 bits per heavy atom. The molecule has 1 rings (SSSR count). The van der Waals surface area contributed by atoms with Crippen LogP contribution in [0.4, 0.5) is 0 Å². The molecule has 1 aromatic rings. The molecule has 142 valence electrons. The van der Waals surface area contributed by atoms with Gasteiger partial charge in [-0.25, -0.2) is 8.42 Å². The topological polar surface area (TPSA) is 78.5 Å². The van der Waals surface area contributed by atoms with Crippen molar-refractivity contribution in [2.24, 2.45) is 5.92 Å². The van der Waals surface area contributed by atoms with E-state index < -0.39 is 16.1 Å². The number of sulfonamides is 1. The predicted molar refractivity (Wildman–Crippen MR) is 101 cm³/mol. The summed E-state index contributed by atoms with van der Waals surface area (Å²) in [5.41, 5.74) is 0.983. The molecule has 0 radical (unpaired) electrons. The van der Waals surface area contributed by atoms with Gasteiger partial charge in [-0.15, -0.1) is 0 Å². The van der Waals surface area contributed by atoms with Crippen molar-refractivity contribution in [2.75, 3.05) is 27.2 Å². The minimum absolute atomic E-state index is 0.173. The molecule has 1 unspecified atom stereocenters. The molecule has 7 heteroatoms. The SMILES string of the molecule is Cc1ccc(S(=O)(=O)NC(CC(C)C)C(=O)NCCCN(C)C)cc1. The third kappa shape index (κ3) is 7.98. The summed E-state index contributed by atoms with van der Waals surface area (Å²) in [5.74, 6) is -0.0821. The fourth-order valence-electron chi connectivity index (χ4n) is 2.38. The van der Waals surface area contributed by atoms with E-state index in [-0.39, 0.29) is 16.7 Å². The molecule has 0 saturated carbocycles. The molecule has 25 heavy (non-hydrogen) atoms. The summed E-state index contributed by atoms with van der Waals surface area (Å²) in [6.45, 7) is 7.22.